The summed E-state index contributed by atoms with van der Waals surface area (Å²) in [5.74, 6) is 2.10. The van der Waals surface area contributed by atoms with Crippen LogP contribution in [0.25, 0.3) is 0 Å². The molecule has 0 bridgehead atoms. The van der Waals surface area contributed by atoms with Gasteiger partial charge in [0.05, 0.1) is 7.11 Å². The highest BCUT2D eigenvalue weighted by Gasteiger charge is 2.37. The van der Waals surface area contributed by atoms with Gasteiger partial charge in [-0.25, -0.2) is 0 Å². The maximum absolute atomic E-state index is 5.24. The fraction of sp³-hybridized carbons (Fsp3) is 0.333. The van der Waals surface area contributed by atoms with Gasteiger partial charge in [0.1, 0.15) is 5.75 Å². The minimum Gasteiger partial charge on any atom is -0.497 e. The van der Waals surface area contributed by atoms with Crippen LogP contribution in [-0.4, -0.2) is 17.9 Å². The molecule has 0 spiro atoms. The van der Waals surface area contributed by atoms with Gasteiger partial charge in [-0.15, -0.1) is 0 Å². The highest BCUT2D eigenvalue weighted by Crippen LogP contribution is 2.40. The molecule has 0 aliphatic heterocycles. The van der Waals surface area contributed by atoms with E-state index >= 15 is 0 Å². The lowest BCUT2D eigenvalue weighted by molar-refractivity contribution is 0.415. The molecular formula is C15H17N3OS. The maximum Gasteiger partial charge on any atom is 0.191 e. The van der Waals surface area contributed by atoms with Crippen molar-refractivity contribution < 1.29 is 4.74 Å². The molecule has 2 N–H and O–H groups in total. The van der Waals surface area contributed by atoms with E-state index in [2.05, 4.69) is 28.0 Å². The fourth-order valence-electron chi connectivity index (χ4n) is 2.64. The van der Waals surface area contributed by atoms with Crippen LogP contribution in [0.1, 0.15) is 12.8 Å². The Morgan fingerprint density at radius 3 is 3.15 bits per heavy atom. The molecular weight excluding hydrogens is 270 g/mol. The van der Waals surface area contributed by atoms with Gasteiger partial charge in [-0.3, -0.25) is 5.43 Å². The van der Waals surface area contributed by atoms with E-state index in [-0.39, 0.29) is 0 Å². The van der Waals surface area contributed by atoms with Crippen molar-refractivity contribution in [1.82, 2.24) is 5.43 Å². The standard InChI is InChI=1S/C15H17N3OS/c1-19-12-6-3-5-11(9-12)16-15(20)18-17-14-8-10-4-2-7-13(10)14/h2-3,5-7,9-10,13H,4,8H2,1H3,(H2,16,18,20)/b17-14-/t10-,13+/m0/s1. The molecule has 0 aromatic heterocycles. The van der Waals surface area contributed by atoms with Gasteiger partial charge in [0.2, 0.25) is 0 Å². The van der Waals surface area contributed by atoms with Gasteiger partial charge < -0.3 is 10.1 Å². The third-order valence-electron chi connectivity index (χ3n) is 3.77. The van der Waals surface area contributed by atoms with Crippen LogP contribution in [0.5, 0.6) is 5.75 Å². The Morgan fingerprint density at radius 1 is 1.45 bits per heavy atom. The Bertz CT molecular complexity index is 582. The minimum atomic E-state index is 0.496. The fourth-order valence-corrected chi connectivity index (χ4v) is 2.81. The van der Waals surface area contributed by atoms with Crippen molar-refractivity contribution >= 4 is 28.7 Å². The first-order valence-corrected chi connectivity index (χ1v) is 7.11. The highest BCUT2D eigenvalue weighted by atomic mass is 32.1. The molecule has 1 aromatic carbocycles. The predicted molar refractivity (Wildman–Crippen MR) is 85.1 cm³/mol. The molecule has 0 radical (unpaired) electrons. The molecule has 0 heterocycles. The van der Waals surface area contributed by atoms with Gasteiger partial charge >= 0.3 is 0 Å². The summed E-state index contributed by atoms with van der Waals surface area (Å²) in [5.41, 5.74) is 4.99. The van der Waals surface area contributed by atoms with Crippen molar-refractivity contribution in [3.63, 3.8) is 0 Å². The molecule has 104 valence electrons. The van der Waals surface area contributed by atoms with E-state index in [1.807, 2.05) is 24.3 Å². The molecule has 2 aliphatic carbocycles. The average Bonchev–Trinajstić information content (AvgIpc) is 2.81. The zero-order chi connectivity index (χ0) is 13.9. The summed E-state index contributed by atoms with van der Waals surface area (Å²) in [6.07, 6.45) is 6.75. The summed E-state index contributed by atoms with van der Waals surface area (Å²) in [6.45, 7) is 0. The second-order valence-electron chi connectivity index (χ2n) is 5.05. The average molecular weight is 287 g/mol. The monoisotopic (exact) mass is 287 g/mol. The Morgan fingerprint density at radius 2 is 2.35 bits per heavy atom. The summed E-state index contributed by atoms with van der Waals surface area (Å²) >= 11 is 5.24. The molecule has 1 aromatic rings. The number of anilines is 1. The number of nitrogens with one attached hydrogen (secondary N) is 2. The molecule has 1 fully saturated rings. The van der Waals surface area contributed by atoms with Crippen molar-refractivity contribution in [2.45, 2.75) is 12.8 Å². The number of rotatable bonds is 3. The first-order chi connectivity index (χ1) is 9.76. The minimum absolute atomic E-state index is 0.496. The van der Waals surface area contributed by atoms with Crippen LogP contribution < -0.4 is 15.5 Å². The third kappa shape index (κ3) is 2.67. The van der Waals surface area contributed by atoms with Gasteiger partial charge in [-0.1, -0.05) is 18.2 Å². The van der Waals surface area contributed by atoms with Gasteiger partial charge in [0.15, 0.2) is 5.11 Å². The van der Waals surface area contributed by atoms with Crippen molar-refractivity contribution in [1.29, 1.82) is 0 Å². The van der Waals surface area contributed by atoms with E-state index in [4.69, 9.17) is 17.0 Å². The Kier molecular flexibility index (Phi) is 3.69. The number of nitrogens with zero attached hydrogens (tertiary/aromatic N) is 1. The second kappa shape index (κ2) is 5.63. The van der Waals surface area contributed by atoms with Crippen molar-refractivity contribution in [2.75, 3.05) is 12.4 Å². The number of allylic oxidation sites excluding steroid dienone is 2. The van der Waals surface area contributed by atoms with Crippen molar-refractivity contribution in [3.05, 3.63) is 36.4 Å². The van der Waals surface area contributed by atoms with E-state index in [0.29, 0.717) is 11.0 Å². The van der Waals surface area contributed by atoms with Crippen LogP contribution in [0.3, 0.4) is 0 Å². The largest absolute Gasteiger partial charge is 0.497 e. The van der Waals surface area contributed by atoms with Crippen LogP contribution >= 0.6 is 12.2 Å². The first kappa shape index (κ1) is 13.1. The molecule has 0 unspecified atom stereocenters. The zero-order valence-electron chi connectivity index (χ0n) is 11.3. The molecule has 0 amide bonds. The van der Waals surface area contributed by atoms with E-state index in [0.717, 1.165) is 23.8 Å². The quantitative estimate of drug-likeness (QED) is 0.510. The first-order valence-electron chi connectivity index (χ1n) is 6.70. The second-order valence-corrected chi connectivity index (χ2v) is 5.46. The predicted octanol–water partition coefficient (Wildman–Crippen LogP) is 2.93. The van der Waals surface area contributed by atoms with Crippen LogP contribution in [0.4, 0.5) is 5.69 Å². The summed E-state index contributed by atoms with van der Waals surface area (Å²) in [4.78, 5) is 0. The zero-order valence-corrected chi connectivity index (χ0v) is 12.1. The van der Waals surface area contributed by atoms with Gasteiger partial charge in [0.25, 0.3) is 0 Å². The van der Waals surface area contributed by atoms with Crippen LogP contribution in [0, 0.1) is 11.8 Å². The van der Waals surface area contributed by atoms with Crippen molar-refractivity contribution in [2.24, 2.45) is 16.9 Å². The van der Waals surface area contributed by atoms with Crippen LogP contribution in [-0.2, 0) is 0 Å². The summed E-state index contributed by atoms with van der Waals surface area (Å²) in [6, 6.07) is 7.63. The van der Waals surface area contributed by atoms with Crippen LogP contribution in [0.2, 0.25) is 0 Å². The lowest BCUT2D eigenvalue weighted by atomic mass is 9.74. The lowest BCUT2D eigenvalue weighted by Gasteiger charge is -2.31. The smallest absolute Gasteiger partial charge is 0.191 e. The molecule has 0 saturated heterocycles. The number of methoxy groups -OCH3 is 1. The highest BCUT2D eigenvalue weighted by molar-refractivity contribution is 7.80. The maximum atomic E-state index is 5.24. The molecule has 5 heteroatoms. The van der Waals surface area contributed by atoms with Gasteiger partial charge in [0, 0.05) is 23.4 Å². The Labute approximate surface area is 123 Å². The van der Waals surface area contributed by atoms with Crippen molar-refractivity contribution in [3.8, 4) is 5.75 Å². The number of thiocarbonyl (C=S) groups is 1. The summed E-state index contributed by atoms with van der Waals surface area (Å²) in [7, 11) is 1.64. The van der Waals surface area contributed by atoms with Gasteiger partial charge in [-0.05, 0) is 43.1 Å². The molecule has 2 atom stereocenters. The SMILES string of the molecule is COc1cccc(NC(=S)N/N=C2/C[C@@H]3CC=C[C@@H]23)c1. The topological polar surface area (TPSA) is 45.6 Å². The molecule has 20 heavy (non-hydrogen) atoms. The number of hydrazone groups is 1. The number of hydrogen-bond donors (Lipinski definition) is 2. The van der Waals surface area contributed by atoms with E-state index in [1.54, 1.807) is 7.11 Å². The number of fused-ring (bicyclic) bond motifs is 1. The summed E-state index contributed by atoms with van der Waals surface area (Å²) in [5, 5.41) is 7.98. The third-order valence-corrected chi connectivity index (χ3v) is 3.97. The van der Waals surface area contributed by atoms with E-state index < -0.39 is 0 Å². The summed E-state index contributed by atoms with van der Waals surface area (Å²) < 4.78 is 5.17. The lowest BCUT2D eigenvalue weighted by Crippen LogP contribution is -2.36. The molecule has 4 nitrogen and oxygen atoms in total. The van der Waals surface area contributed by atoms with Gasteiger partial charge in [-0.2, -0.15) is 5.10 Å². The van der Waals surface area contributed by atoms with E-state index in [1.165, 1.54) is 12.1 Å². The van der Waals surface area contributed by atoms with Crippen LogP contribution in [0.15, 0.2) is 41.5 Å². The molecule has 2 aliphatic rings. The molecule has 1 saturated carbocycles. The number of hydrogen-bond acceptors (Lipinski definition) is 3. The normalized spacial score (nSPS) is 24.9. The Balaban J connectivity index is 1.55. The number of ether oxygens (including phenoxy) is 1. The van der Waals surface area contributed by atoms with E-state index in [9.17, 15) is 0 Å². The molecule has 3 rings (SSSR count). The Hall–Kier alpha value is -1.88. The number of benzene rings is 1.